The summed E-state index contributed by atoms with van der Waals surface area (Å²) >= 11 is 6.16. The van der Waals surface area contributed by atoms with Crippen molar-refractivity contribution in [3.63, 3.8) is 0 Å². The lowest BCUT2D eigenvalue weighted by atomic mass is 10.00. The Balaban J connectivity index is 1.49. The summed E-state index contributed by atoms with van der Waals surface area (Å²) in [6.07, 6.45) is 1.36. The molecule has 0 saturated carbocycles. The lowest BCUT2D eigenvalue weighted by Crippen LogP contribution is -2.55. The highest BCUT2D eigenvalue weighted by Gasteiger charge is 2.29. The van der Waals surface area contributed by atoms with Gasteiger partial charge in [0.1, 0.15) is 17.8 Å². The van der Waals surface area contributed by atoms with Crippen molar-refractivity contribution in [1.82, 2.24) is 19.8 Å². The van der Waals surface area contributed by atoms with E-state index >= 15 is 4.39 Å². The monoisotopic (exact) mass is 539 g/mol. The number of benzene rings is 2. The molecule has 38 heavy (non-hydrogen) atoms. The van der Waals surface area contributed by atoms with Crippen molar-refractivity contribution in [2.75, 3.05) is 62.4 Å². The number of aromatic nitrogens is 2. The van der Waals surface area contributed by atoms with Gasteiger partial charge < -0.3 is 20.7 Å². The van der Waals surface area contributed by atoms with Crippen LogP contribution in [-0.2, 0) is 11.3 Å². The topological polar surface area (TPSA) is 82.8 Å². The molecule has 202 valence electrons. The Bertz CT molecular complexity index is 1260. The minimum absolute atomic E-state index is 0.170. The third kappa shape index (κ3) is 5.71. The number of hydrogen-bond acceptors (Lipinski definition) is 8. The van der Waals surface area contributed by atoms with E-state index in [0.717, 1.165) is 57.2 Å². The van der Waals surface area contributed by atoms with Gasteiger partial charge in [-0.3, -0.25) is 9.80 Å². The molecule has 3 aromatic rings. The zero-order chi connectivity index (χ0) is 26.8. The number of nitrogens with one attached hydrogen (secondary N) is 1. The first-order valence-electron chi connectivity index (χ1n) is 13.0. The highest BCUT2D eigenvalue weighted by Crippen LogP contribution is 2.38. The van der Waals surface area contributed by atoms with Gasteiger partial charge in [-0.15, -0.1) is 0 Å². The fourth-order valence-corrected chi connectivity index (χ4v) is 5.29. The fraction of sp³-hybridized carbons (Fsp3) is 0.429. The summed E-state index contributed by atoms with van der Waals surface area (Å²) < 4.78 is 21.2. The van der Waals surface area contributed by atoms with Crippen LogP contribution in [0.3, 0.4) is 0 Å². The highest BCUT2D eigenvalue weighted by molar-refractivity contribution is 6.32. The van der Waals surface area contributed by atoms with Crippen LogP contribution >= 0.6 is 11.6 Å². The molecule has 1 aromatic heterocycles. The van der Waals surface area contributed by atoms with Crippen LogP contribution in [0.2, 0.25) is 5.15 Å². The van der Waals surface area contributed by atoms with E-state index in [9.17, 15) is 0 Å². The maximum absolute atomic E-state index is 15.7. The first-order valence-corrected chi connectivity index (χ1v) is 13.4. The number of ether oxygens (including phenoxy) is 1. The lowest BCUT2D eigenvalue weighted by molar-refractivity contribution is 0.0342. The van der Waals surface area contributed by atoms with Crippen LogP contribution in [0.4, 0.5) is 27.3 Å². The van der Waals surface area contributed by atoms with E-state index in [-0.39, 0.29) is 16.7 Å². The van der Waals surface area contributed by atoms with Gasteiger partial charge >= 0.3 is 0 Å². The van der Waals surface area contributed by atoms with E-state index in [4.69, 9.17) is 22.1 Å². The van der Waals surface area contributed by atoms with Crippen LogP contribution < -0.4 is 16.0 Å². The van der Waals surface area contributed by atoms with Crippen molar-refractivity contribution in [1.29, 1.82) is 0 Å². The molecule has 0 spiro atoms. The molecule has 5 rings (SSSR count). The van der Waals surface area contributed by atoms with Crippen LogP contribution in [0.1, 0.15) is 19.4 Å². The number of likely N-dealkylation sites (N-methyl/N-ethyl adjacent to an activating group) is 1. The van der Waals surface area contributed by atoms with E-state index in [0.29, 0.717) is 29.2 Å². The van der Waals surface area contributed by atoms with Crippen molar-refractivity contribution in [3.8, 4) is 11.1 Å². The van der Waals surface area contributed by atoms with Gasteiger partial charge in [0.15, 0.2) is 11.0 Å². The van der Waals surface area contributed by atoms with Crippen molar-refractivity contribution in [2.45, 2.75) is 32.5 Å². The molecule has 0 aliphatic carbocycles. The Morgan fingerprint density at radius 1 is 1.08 bits per heavy atom. The van der Waals surface area contributed by atoms with Gasteiger partial charge in [-0.2, -0.15) is 0 Å². The fourth-order valence-electron chi connectivity index (χ4n) is 5.16. The Morgan fingerprint density at radius 3 is 2.45 bits per heavy atom. The second-order valence-corrected chi connectivity index (χ2v) is 10.6. The van der Waals surface area contributed by atoms with Gasteiger partial charge in [-0.25, -0.2) is 14.4 Å². The van der Waals surface area contributed by atoms with E-state index in [2.05, 4.69) is 63.0 Å². The summed E-state index contributed by atoms with van der Waals surface area (Å²) in [5.74, 6) is 0.110. The molecule has 3 heterocycles. The predicted molar refractivity (Wildman–Crippen MR) is 152 cm³/mol. The van der Waals surface area contributed by atoms with Gasteiger partial charge in [0.05, 0.1) is 24.6 Å². The number of nitrogen functional groups attached to an aromatic ring is 1. The quantitative estimate of drug-likeness (QED) is 0.439. The summed E-state index contributed by atoms with van der Waals surface area (Å²) in [5, 5.41) is 3.49. The van der Waals surface area contributed by atoms with Gasteiger partial charge in [0.2, 0.25) is 0 Å². The predicted octanol–water partition coefficient (Wildman–Crippen LogP) is 4.62. The summed E-state index contributed by atoms with van der Waals surface area (Å²) in [6, 6.07) is 12.2. The molecule has 2 aromatic carbocycles. The molecule has 0 unspecified atom stereocenters. The number of anilines is 4. The van der Waals surface area contributed by atoms with Crippen LogP contribution in [-0.4, -0.2) is 78.3 Å². The van der Waals surface area contributed by atoms with Crippen molar-refractivity contribution in [2.24, 2.45) is 0 Å². The Hall–Kier alpha value is -2.98. The third-order valence-electron chi connectivity index (χ3n) is 7.65. The summed E-state index contributed by atoms with van der Waals surface area (Å²) in [4.78, 5) is 15.2. The number of halogens is 2. The zero-order valence-electron chi connectivity index (χ0n) is 22.1. The van der Waals surface area contributed by atoms with Gasteiger partial charge in [0, 0.05) is 50.4 Å². The van der Waals surface area contributed by atoms with E-state index < -0.39 is 0 Å². The standard InChI is InChI=1S/C28H35ClFN7O/c1-18-14-37(15-19(2)35(18)3)25-13-23(30)22(12-24(25)34-28-26(31)27(29)32-17-33-28)21-6-4-20(5-7-21)16-36-8-10-38-11-9-36/h4-7,12-13,17-19H,8-11,14-16,31H2,1-3H3,(H,32,33,34)/t18-,19+. The van der Waals surface area contributed by atoms with Crippen LogP contribution in [0.15, 0.2) is 42.7 Å². The average Bonchev–Trinajstić information content (AvgIpc) is 2.91. The first kappa shape index (κ1) is 26.6. The van der Waals surface area contributed by atoms with Gasteiger partial charge in [0.25, 0.3) is 0 Å². The number of nitrogens with two attached hydrogens (primary N) is 1. The summed E-state index contributed by atoms with van der Waals surface area (Å²) in [6.45, 7) is 10.1. The molecule has 10 heteroatoms. The molecule has 0 radical (unpaired) electrons. The van der Waals surface area contributed by atoms with E-state index in [1.807, 2.05) is 18.2 Å². The van der Waals surface area contributed by atoms with Crippen LogP contribution in [0.5, 0.6) is 0 Å². The van der Waals surface area contributed by atoms with Crippen LogP contribution in [0, 0.1) is 5.82 Å². The minimum atomic E-state index is -0.278. The van der Waals surface area contributed by atoms with Crippen molar-refractivity contribution in [3.05, 3.63) is 59.3 Å². The van der Waals surface area contributed by atoms with Crippen LogP contribution in [0.25, 0.3) is 11.1 Å². The lowest BCUT2D eigenvalue weighted by Gasteiger charge is -2.44. The smallest absolute Gasteiger partial charge is 0.158 e. The minimum Gasteiger partial charge on any atom is -0.393 e. The molecule has 2 fully saturated rings. The first-order chi connectivity index (χ1) is 18.3. The molecule has 0 amide bonds. The Labute approximate surface area is 228 Å². The number of morpholine rings is 1. The summed E-state index contributed by atoms with van der Waals surface area (Å²) in [7, 11) is 2.13. The molecular formula is C28H35ClFN7O. The zero-order valence-corrected chi connectivity index (χ0v) is 22.9. The molecule has 0 bridgehead atoms. The van der Waals surface area contributed by atoms with E-state index in [1.165, 1.54) is 11.9 Å². The molecule has 8 nitrogen and oxygen atoms in total. The van der Waals surface area contributed by atoms with Gasteiger partial charge in [-0.1, -0.05) is 35.9 Å². The number of rotatable bonds is 6. The SMILES string of the molecule is C[C@@H]1CN(c2cc(F)c(-c3ccc(CN4CCOCC4)cc3)cc2Nc2ncnc(Cl)c2N)C[C@H](C)N1C. The molecule has 3 N–H and O–H groups in total. The maximum Gasteiger partial charge on any atom is 0.158 e. The molecular weight excluding hydrogens is 505 g/mol. The molecule has 2 saturated heterocycles. The average molecular weight is 540 g/mol. The Morgan fingerprint density at radius 2 is 1.76 bits per heavy atom. The maximum atomic E-state index is 15.7. The second-order valence-electron chi connectivity index (χ2n) is 10.3. The third-order valence-corrected chi connectivity index (χ3v) is 7.95. The summed E-state index contributed by atoms with van der Waals surface area (Å²) in [5.41, 5.74) is 10.4. The molecule has 2 aliphatic heterocycles. The number of nitrogens with zero attached hydrogens (tertiary/aromatic N) is 5. The number of piperazine rings is 1. The van der Waals surface area contributed by atoms with E-state index in [1.54, 1.807) is 6.07 Å². The normalized spacial score (nSPS) is 21.0. The second kappa shape index (κ2) is 11.4. The van der Waals surface area contributed by atoms with Crippen molar-refractivity contribution >= 4 is 34.5 Å². The van der Waals surface area contributed by atoms with Crippen molar-refractivity contribution < 1.29 is 9.13 Å². The largest absolute Gasteiger partial charge is 0.393 e. The Kier molecular flexibility index (Phi) is 7.99. The van der Waals surface area contributed by atoms with Gasteiger partial charge in [-0.05, 0) is 44.2 Å². The molecule has 2 atom stereocenters. The highest BCUT2D eigenvalue weighted by atomic mass is 35.5. The number of hydrogen-bond donors (Lipinski definition) is 2. The molecule has 2 aliphatic rings.